The molecule has 0 aromatic heterocycles. The van der Waals surface area contributed by atoms with E-state index in [1.807, 2.05) is 30.3 Å². The third-order valence-corrected chi connectivity index (χ3v) is 2.92. The molecule has 1 unspecified atom stereocenters. The molecule has 1 amide bonds. The number of nitrogens with one attached hydrogen (secondary N) is 1. The molecule has 0 heterocycles. The van der Waals surface area contributed by atoms with Crippen LogP contribution in [0.25, 0.3) is 0 Å². The minimum absolute atomic E-state index is 0. The van der Waals surface area contributed by atoms with Crippen molar-refractivity contribution in [3.8, 4) is 0 Å². The summed E-state index contributed by atoms with van der Waals surface area (Å²) in [4.78, 5) is 23.2. The Kier molecular flexibility index (Phi) is 7.15. The van der Waals surface area contributed by atoms with Gasteiger partial charge in [0.2, 0.25) is 0 Å². The predicted molar refractivity (Wildman–Crippen MR) is 82.6 cm³/mol. The maximum atomic E-state index is 12.0. The van der Waals surface area contributed by atoms with E-state index in [1.165, 1.54) is 0 Å². The zero-order chi connectivity index (χ0) is 14.4. The number of carbonyl (C=O) groups excluding carboxylic acids is 1. The summed E-state index contributed by atoms with van der Waals surface area (Å²) in [7, 11) is 0. The van der Waals surface area contributed by atoms with Gasteiger partial charge < -0.3 is 10.4 Å². The van der Waals surface area contributed by atoms with E-state index in [-0.39, 0.29) is 41.9 Å². The average molecular weight is 293 g/mol. The van der Waals surface area contributed by atoms with Crippen LogP contribution in [0.3, 0.4) is 0 Å². The number of amides is 1. The van der Waals surface area contributed by atoms with Crippen molar-refractivity contribution in [2.45, 2.75) is 12.5 Å². The molecule has 21 heavy (non-hydrogen) atoms. The van der Waals surface area contributed by atoms with Crippen LogP contribution in [0.4, 0.5) is 0 Å². The number of hydrogen-bond donors (Lipinski definition) is 2. The number of benzene rings is 2. The molecule has 0 aliphatic heterocycles. The molecule has 2 aromatic rings. The number of carboxylic acids is 1. The van der Waals surface area contributed by atoms with E-state index in [1.54, 1.807) is 30.3 Å². The standard InChI is InChI=1S/C16H15NO3.Na.H/c18-15(13-9-5-2-6-10-13)17-14(16(19)20)11-12-7-3-1-4-8-12;;/h1-10,14H,11H2,(H,17,18)(H,19,20);;. The number of rotatable bonds is 5. The molecular weight excluding hydrogens is 277 g/mol. The Morgan fingerprint density at radius 2 is 1.48 bits per heavy atom. The first kappa shape index (κ1) is 17.4. The first-order valence-electron chi connectivity index (χ1n) is 6.29. The molecule has 104 valence electrons. The minimum atomic E-state index is -1.04. The fraction of sp³-hybridized carbons (Fsp3) is 0.125. The monoisotopic (exact) mass is 293 g/mol. The normalized spacial score (nSPS) is 11.0. The average Bonchev–Trinajstić information content (AvgIpc) is 2.48. The Labute approximate surface area is 145 Å². The molecule has 5 heteroatoms. The Bertz CT molecular complexity index is 587. The summed E-state index contributed by atoms with van der Waals surface area (Å²) in [5.74, 6) is -1.42. The van der Waals surface area contributed by atoms with Gasteiger partial charge in [-0.3, -0.25) is 4.79 Å². The molecule has 4 nitrogen and oxygen atoms in total. The quantitative estimate of drug-likeness (QED) is 0.820. The molecule has 0 aliphatic carbocycles. The molecule has 2 N–H and O–H groups in total. The summed E-state index contributed by atoms with van der Waals surface area (Å²) in [5, 5.41) is 11.8. The predicted octanol–water partition coefficient (Wildman–Crippen LogP) is 1.46. The maximum absolute atomic E-state index is 12.0. The summed E-state index contributed by atoms with van der Waals surface area (Å²) in [6.45, 7) is 0. The molecule has 0 saturated carbocycles. The van der Waals surface area contributed by atoms with Crippen molar-refractivity contribution in [3.63, 3.8) is 0 Å². The van der Waals surface area contributed by atoms with Crippen LogP contribution in [-0.4, -0.2) is 52.6 Å². The van der Waals surface area contributed by atoms with Crippen LogP contribution in [0.2, 0.25) is 0 Å². The second-order valence-corrected chi connectivity index (χ2v) is 4.42. The van der Waals surface area contributed by atoms with Crippen molar-refractivity contribution in [2.75, 3.05) is 0 Å². The van der Waals surface area contributed by atoms with E-state index in [0.717, 1.165) is 5.56 Å². The van der Waals surface area contributed by atoms with E-state index in [4.69, 9.17) is 0 Å². The first-order valence-corrected chi connectivity index (χ1v) is 6.29. The van der Waals surface area contributed by atoms with Gasteiger partial charge in [-0.25, -0.2) is 4.79 Å². The summed E-state index contributed by atoms with van der Waals surface area (Å²) in [6, 6.07) is 16.9. The first-order chi connectivity index (χ1) is 9.66. The van der Waals surface area contributed by atoms with Crippen molar-refractivity contribution in [2.24, 2.45) is 0 Å². The van der Waals surface area contributed by atoms with Crippen LogP contribution in [0.15, 0.2) is 60.7 Å². The van der Waals surface area contributed by atoms with Gasteiger partial charge in [-0.05, 0) is 17.7 Å². The van der Waals surface area contributed by atoms with Crippen molar-refractivity contribution in [1.29, 1.82) is 0 Å². The number of carbonyl (C=O) groups is 2. The third kappa shape index (κ3) is 5.34. The zero-order valence-electron chi connectivity index (χ0n) is 10.8. The summed E-state index contributed by atoms with van der Waals surface area (Å²) >= 11 is 0. The van der Waals surface area contributed by atoms with E-state index >= 15 is 0 Å². The van der Waals surface area contributed by atoms with Crippen molar-refractivity contribution < 1.29 is 14.7 Å². The van der Waals surface area contributed by atoms with Crippen LogP contribution < -0.4 is 5.32 Å². The fourth-order valence-electron chi connectivity index (χ4n) is 1.88. The van der Waals surface area contributed by atoms with Crippen LogP contribution in [-0.2, 0) is 11.2 Å². The molecule has 0 bridgehead atoms. The van der Waals surface area contributed by atoms with Gasteiger partial charge in [0.25, 0.3) is 5.91 Å². The van der Waals surface area contributed by atoms with E-state index < -0.39 is 12.0 Å². The van der Waals surface area contributed by atoms with Gasteiger partial charge in [-0.2, -0.15) is 0 Å². The van der Waals surface area contributed by atoms with Gasteiger partial charge in [0, 0.05) is 12.0 Å². The Hall–Kier alpha value is -1.62. The summed E-state index contributed by atoms with van der Waals surface area (Å²) in [5.41, 5.74) is 1.32. The molecule has 0 radical (unpaired) electrons. The van der Waals surface area contributed by atoms with Crippen LogP contribution in [0, 0.1) is 0 Å². The van der Waals surface area contributed by atoms with Crippen molar-refractivity contribution in [1.82, 2.24) is 5.32 Å². The van der Waals surface area contributed by atoms with Gasteiger partial charge in [0.05, 0.1) is 0 Å². The van der Waals surface area contributed by atoms with E-state index in [2.05, 4.69) is 5.32 Å². The van der Waals surface area contributed by atoms with Gasteiger partial charge in [-0.15, -0.1) is 0 Å². The number of aliphatic carboxylic acids is 1. The van der Waals surface area contributed by atoms with E-state index in [0.29, 0.717) is 5.56 Å². The fourth-order valence-corrected chi connectivity index (χ4v) is 1.88. The molecule has 0 saturated heterocycles. The molecule has 0 spiro atoms. The topological polar surface area (TPSA) is 66.4 Å². The molecule has 2 aromatic carbocycles. The van der Waals surface area contributed by atoms with Crippen molar-refractivity contribution in [3.05, 3.63) is 71.8 Å². The molecule has 0 aliphatic rings. The number of hydrogen-bond acceptors (Lipinski definition) is 2. The van der Waals surface area contributed by atoms with E-state index in [9.17, 15) is 14.7 Å². The van der Waals surface area contributed by atoms with Crippen molar-refractivity contribution >= 4 is 41.4 Å². The second kappa shape index (κ2) is 8.62. The summed E-state index contributed by atoms with van der Waals surface area (Å²) < 4.78 is 0. The SMILES string of the molecule is O=C(NC(Cc1ccccc1)C(=O)O)c1ccccc1.[NaH]. The van der Waals surface area contributed by atoms with Crippen LogP contribution in [0.1, 0.15) is 15.9 Å². The molecule has 2 rings (SSSR count). The third-order valence-electron chi connectivity index (χ3n) is 2.92. The Morgan fingerprint density at radius 3 is 2.00 bits per heavy atom. The van der Waals surface area contributed by atoms with Crippen LogP contribution >= 0.6 is 0 Å². The van der Waals surface area contributed by atoms with Gasteiger partial charge in [0.15, 0.2) is 0 Å². The van der Waals surface area contributed by atoms with Gasteiger partial charge in [-0.1, -0.05) is 48.5 Å². The Morgan fingerprint density at radius 1 is 0.952 bits per heavy atom. The Balaban J connectivity index is 0.00000220. The second-order valence-electron chi connectivity index (χ2n) is 4.42. The molecule has 0 fully saturated rings. The van der Waals surface area contributed by atoms with Crippen LogP contribution in [0.5, 0.6) is 0 Å². The molecule has 1 atom stereocenters. The summed E-state index contributed by atoms with van der Waals surface area (Å²) in [6.07, 6.45) is 0.259. The number of carboxylic acid groups (broad SMARTS) is 1. The molecular formula is C16H16NNaO3. The van der Waals surface area contributed by atoms with Gasteiger partial charge in [0.1, 0.15) is 6.04 Å². The van der Waals surface area contributed by atoms with Gasteiger partial charge >= 0.3 is 35.5 Å². The zero-order valence-corrected chi connectivity index (χ0v) is 10.8.